The molecule has 5 nitrogen and oxygen atoms in total. The van der Waals surface area contributed by atoms with Crippen molar-refractivity contribution in [1.29, 1.82) is 0 Å². The number of alkyl halides is 3. The van der Waals surface area contributed by atoms with Gasteiger partial charge in [0.15, 0.2) is 0 Å². The van der Waals surface area contributed by atoms with Gasteiger partial charge in [-0.15, -0.1) is 0 Å². The van der Waals surface area contributed by atoms with E-state index in [1.54, 1.807) is 0 Å². The Labute approximate surface area is 106 Å². The van der Waals surface area contributed by atoms with Crippen molar-refractivity contribution >= 4 is 5.97 Å². The van der Waals surface area contributed by atoms with Gasteiger partial charge < -0.3 is 21.1 Å². The fourth-order valence-corrected chi connectivity index (χ4v) is 1.52. The predicted molar refractivity (Wildman–Crippen MR) is 58.4 cm³/mol. The lowest BCUT2D eigenvalue weighted by Gasteiger charge is -2.18. The minimum absolute atomic E-state index is 0.254. The number of rotatable bonds is 4. The van der Waals surface area contributed by atoms with Crippen molar-refractivity contribution < 1.29 is 33.3 Å². The van der Waals surface area contributed by atoms with E-state index in [9.17, 15) is 28.2 Å². The van der Waals surface area contributed by atoms with E-state index in [0.717, 1.165) is 12.1 Å². The monoisotopic (exact) mass is 279 g/mol. The highest BCUT2D eigenvalue weighted by Crippen LogP contribution is 2.34. The number of carboxylic acid groups (broad SMARTS) is 1. The van der Waals surface area contributed by atoms with Crippen LogP contribution in [0.15, 0.2) is 18.2 Å². The first-order valence-electron chi connectivity index (χ1n) is 5.19. The van der Waals surface area contributed by atoms with Crippen LogP contribution >= 0.6 is 0 Å². The molecule has 5 N–H and O–H groups in total. The van der Waals surface area contributed by atoms with E-state index >= 15 is 0 Å². The van der Waals surface area contributed by atoms with Crippen LogP contribution in [0.5, 0.6) is 0 Å². The first-order valence-corrected chi connectivity index (χ1v) is 5.19. The number of aliphatic hydroxyl groups excluding tert-OH is 2. The Balaban J connectivity index is 3.30. The normalized spacial score (nSPS) is 15.1. The van der Waals surface area contributed by atoms with Crippen molar-refractivity contribution in [3.63, 3.8) is 0 Å². The molecule has 1 aromatic carbocycles. The summed E-state index contributed by atoms with van der Waals surface area (Å²) < 4.78 is 38.1. The second-order valence-corrected chi connectivity index (χ2v) is 3.86. The average molecular weight is 279 g/mol. The summed E-state index contributed by atoms with van der Waals surface area (Å²) in [5, 5.41) is 27.5. The van der Waals surface area contributed by atoms with Crippen LogP contribution in [-0.2, 0) is 6.18 Å². The maximum Gasteiger partial charge on any atom is 0.417 e. The summed E-state index contributed by atoms with van der Waals surface area (Å²) >= 11 is 0. The van der Waals surface area contributed by atoms with Crippen LogP contribution in [-0.4, -0.2) is 33.9 Å². The molecule has 0 saturated heterocycles. The Morgan fingerprint density at radius 1 is 1.32 bits per heavy atom. The molecule has 8 heteroatoms. The molecule has 0 amide bonds. The van der Waals surface area contributed by atoms with E-state index in [4.69, 9.17) is 10.8 Å². The van der Waals surface area contributed by atoms with Crippen LogP contribution in [0, 0.1) is 0 Å². The number of carbonyl (C=O) groups is 1. The largest absolute Gasteiger partial charge is 0.478 e. The number of hydrogen-bond donors (Lipinski definition) is 4. The number of hydrogen-bond acceptors (Lipinski definition) is 4. The van der Waals surface area contributed by atoms with Gasteiger partial charge in [-0.1, -0.05) is 6.07 Å². The van der Waals surface area contributed by atoms with Gasteiger partial charge in [-0.25, -0.2) is 4.79 Å². The molecule has 0 fully saturated rings. The third-order valence-corrected chi connectivity index (χ3v) is 2.53. The van der Waals surface area contributed by atoms with Crippen LogP contribution in [0.2, 0.25) is 0 Å². The summed E-state index contributed by atoms with van der Waals surface area (Å²) in [6, 6.07) is 2.22. The fraction of sp³-hybridized carbons (Fsp3) is 0.364. The van der Waals surface area contributed by atoms with E-state index in [1.807, 2.05) is 0 Å². The van der Waals surface area contributed by atoms with E-state index in [2.05, 4.69) is 0 Å². The second kappa shape index (κ2) is 5.55. The molecule has 1 aromatic rings. The van der Waals surface area contributed by atoms with Gasteiger partial charge in [-0.05, 0) is 17.7 Å². The van der Waals surface area contributed by atoms with Gasteiger partial charge in [0, 0.05) is 6.54 Å². The highest BCUT2D eigenvalue weighted by molar-refractivity contribution is 5.89. The molecule has 0 spiro atoms. The molecule has 2 atom stereocenters. The maximum absolute atomic E-state index is 12.7. The Hall–Kier alpha value is -1.64. The molecule has 0 aliphatic carbocycles. The first-order chi connectivity index (χ1) is 8.68. The highest BCUT2D eigenvalue weighted by Gasteiger charge is 2.36. The van der Waals surface area contributed by atoms with Crippen molar-refractivity contribution in [2.75, 3.05) is 6.54 Å². The van der Waals surface area contributed by atoms with E-state index < -0.39 is 35.5 Å². The van der Waals surface area contributed by atoms with Crippen LogP contribution in [0.25, 0.3) is 0 Å². The average Bonchev–Trinajstić information content (AvgIpc) is 2.35. The van der Waals surface area contributed by atoms with Crippen molar-refractivity contribution in [2.24, 2.45) is 5.73 Å². The van der Waals surface area contributed by atoms with Gasteiger partial charge in [0.1, 0.15) is 6.10 Å². The predicted octanol–water partition coefficient (Wildman–Crippen LogP) is 0.757. The third-order valence-electron chi connectivity index (χ3n) is 2.53. The maximum atomic E-state index is 12.7. The quantitative estimate of drug-likeness (QED) is 0.651. The Morgan fingerprint density at radius 2 is 1.89 bits per heavy atom. The first kappa shape index (κ1) is 15.4. The lowest BCUT2D eigenvalue weighted by Crippen LogP contribution is -2.27. The van der Waals surface area contributed by atoms with Crippen molar-refractivity contribution in [3.8, 4) is 0 Å². The molecule has 2 unspecified atom stereocenters. The molecule has 0 saturated carbocycles. The van der Waals surface area contributed by atoms with E-state index in [0.29, 0.717) is 6.07 Å². The zero-order valence-corrected chi connectivity index (χ0v) is 9.55. The van der Waals surface area contributed by atoms with Gasteiger partial charge in [-0.3, -0.25) is 0 Å². The topological polar surface area (TPSA) is 104 Å². The number of nitrogens with two attached hydrogens (primary N) is 1. The van der Waals surface area contributed by atoms with E-state index in [-0.39, 0.29) is 12.1 Å². The summed E-state index contributed by atoms with van der Waals surface area (Å²) in [6.07, 6.45) is -7.93. The molecule has 106 valence electrons. The van der Waals surface area contributed by atoms with Crippen LogP contribution in [0.4, 0.5) is 13.2 Å². The van der Waals surface area contributed by atoms with Crippen molar-refractivity contribution in [1.82, 2.24) is 0 Å². The third kappa shape index (κ3) is 3.43. The lowest BCUT2D eigenvalue weighted by molar-refractivity contribution is -0.138. The molecule has 0 aliphatic rings. The molecule has 0 aliphatic heterocycles. The van der Waals surface area contributed by atoms with Crippen molar-refractivity contribution in [3.05, 3.63) is 34.9 Å². The molecule has 19 heavy (non-hydrogen) atoms. The van der Waals surface area contributed by atoms with Gasteiger partial charge in [0.2, 0.25) is 0 Å². The smallest absolute Gasteiger partial charge is 0.417 e. The summed E-state index contributed by atoms with van der Waals surface area (Å²) in [5.41, 5.74) is 2.52. The molecule has 0 radical (unpaired) electrons. The molecule has 1 rings (SSSR count). The van der Waals surface area contributed by atoms with Gasteiger partial charge in [-0.2, -0.15) is 13.2 Å². The number of halogens is 3. The summed E-state index contributed by atoms with van der Waals surface area (Å²) in [7, 11) is 0. The number of aromatic carboxylic acids is 1. The molecule has 0 bridgehead atoms. The summed E-state index contributed by atoms with van der Waals surface area (Å²) in [6.45, 7) is -0.344. The molecular formula is C11H12F3NO4. The summed E-state index contributed by atoms with van der Waals surface area (Å²) in [4.78, 5) is 10.7. The summed E-state index contributed by atoms with van der Waals surface area (Å²) in [5.74, 6) is -1.73. The lowest BCUT2D eigenvalue weighted by atomic mass is 9.98. The minimum atomic E-state index is -4.88. The highest BCUT2D eigenvalue weighted by atomic mass is 19.4. The minimum Gasteiger partial charge on any atom is -0.478 e. The van der Waals surface area contributed by atoms with Crippen molar-refractivity contribution in [2.45, 2.75) is 18.4 Å². The standard InChI is InChI=1S/C11H12F3NO4/c12-11(13,14)7-3-5(9(17)8(16)4-15)1-2-6(7)10(18)19/h1-3,8-9,16-17H,4,15H2,(H,18,19). The fourth-order valence-electron chi connectivity index (χ4n) is 1.52. The van der Waals surface area contributed by atoms with Crippen LogP contribution in [0.1, 0.15) is 27.6 Å². The molecule has 0 heterocycles. The molecular weight excluding hydrogens is 267 g/mol. The zero-order chi connectivity index (χ0) is 14.8. The van der Waals surface area contributed by atoms with Gasteiger partial charge in [0.05, 0.1) is 17.2 Å². The van der Waals surface area contributed by atoms with E-state index in [1.165, 1.54) is 0 Å². The Bertz CT molecular complexity index is 475. The Kier molecular flexibility index (Phi) is 4.51. The number of benzene rings is 1. The second-order valence-electron chi connectivity index (χ2n) is 3.86. The number of carboxylic acids is 1. The zero-order valence-electron chi connectivity index (χ0n) is 9.55. The van der Waals surface area contributed by atoms with Crippen LogP contribution in [0.3, 0.4) is 0 Å². The van der Waals surface area contributed by atoms with Crippen LogP contribution < -0.4 is 5.73 Å². The molecule has 0 aromatic heterocycles. The van der Waals surface area contributed by atoms with Gasteiger partial charge >= 0.3 is 12.1 Å². The number of aliphatic hydroxyl groups is 2. The van der Waals surface area contributed by atoms with Gasteiger partial charge in [0.25, 0.3) is 0 Å². The SMILES string of the molecule is NCC(O)C(O)c1ccc(C(=O)O)c(C(F)(F)F)c1. The Morgan fingerprint density at radius 3 is 2.32 bits per heavy atom.